The molecular weight excluding hydrogens is 480 g/mol. The number of benzene rings is 3. The van der Waals surface area contributed by atoms with Crippen LogP contribution in [-0.4, -0.2) is 40.4 Å². The summed E-state index contributed by atoms with van der Waals surface area (Å²) < 4.78 is 26.6. The first-order chi connectivity index (χ1) is 17.9. The van der Waals surface area contributed by atoms with Gasteiger partial charge in [-0.3, -0.25) is 4.79 Å². The number of methoxy groups -OCH3 is 3. The normalized spacial score (nSPS) is 10.5. The highest BCUT2D eigenvalue weighted by atomic mass is 16.6. The fourth-order valence-corrected chi connectivity index (χ4v) is 3.71. The molecule has 0 saturated heterocycles. The smallest absolute Gasteiger partial charge is 0.412 e. The highest BCUT2D eigenvalue weighted by molar-refractivity contribution is 6.06. The maximum atomic E-state index is 13.1. The summed E-state index contributed by atoms with van der Waals surface area (Å²) in [4.78, 5) is 37.4. The number of hydrogen-bond acceptors (Lipinski definition) is 8. The third kappa shape index (κ3) is 5.18. The van der Waals surface area contributed by atoms with Crippen molar-refractivity contribution in [2.75, 3.05) is 33.7 Å². The summed E-state index contributed by atoms with van der Waals surface area (Å²) in [5, 5.41) is 5.38. The minimum atomic E-state index is -0.808. The lowest BCUT2D eigenvalue weighted by Crippen LogP contribution is -2.22. The molecule has 0 unspecified atom stereocenters. The van der Waals surface area contributed by atoms with E-state index in [2.05, 4.69) is 10.6 Å². The summed E-state index contributed by atoms with van der Waals surface area (Å²) in [7, 11) is 5.87. The standard InChI is InChI=1S/C27H24N2O8/c1-28-27(32)36-22-11-8-16-14-20(26(31)37-23(16)24(22)35-4)29-25(30)17-9-10-21(34-3)19(13-17)15-6-5-7-18(12-15)33-2/h5-14H,1-4H3,(H,28,32)(H,29,30). The average molecular weight is 504 g/mol. The number of hydrogen-bond donors (Lipinski definition) is 2. The van der Waals surface area contributed by atoms with Crippen molar-refractivity contribution in [3.05, 3.63) is 76.6 Å². The number of fused-ring (bicyclic) bond motifs is 1. The van der Waals surface area contributed by atoms with Crippen LogP contribution in [0.15, 0.2) is 69.9 Å². The van der Waals surface area contributed by atoms with Crippen LogP contribution in [0.2, 0.25) is 0 Å². The van der Waals surface area contributed by atoms with E-state index in [1.54, 1.807) is 38.5 Å². The zero-order valence-electron chi connectivity index (χ0n) is 20.5. The number of ether oxygens (including phenoxy) is 4. The summed E-state index contributed by atoms with van der Waals surface area (Å²) in [6, 6.07) is 16.8. The Bertz CT molecular complexity index is 1540. The van der Waals surface area contributed by atoms with E-state index in [0.717, 1.165) is 5.56 Å². The van der Waals surface area contributed by atoms with Crippen molar-refractivity contribution in [1.82, 2.24) is 5.32 Å². The molecule has 1 aromatic heterocycles. The fraction of sp³-hybridized carbons (Fsp3) is 0.148. The summed E-state index contributed by atoms with van der Waals surface area (Å²) >= 11 is 0. The second kappa shape index (κ2) is 10.7. The molecule has 0 aliphatic heterocycles. The molecule has 10 nitrogen and oxygen atoms in total. The lowest BCUT2D eigenvalue weighted by Gasteiger charge is -2.13. The summed E-state index contributed by atoms with van der Waals surface area (Å²) in [5.41, 5.74) is 0.948. The number of nitrogens with one attached hydrogen (secondary N) is 2. The molecule has 0 saturated carbocycles. The van der Waals surface area contributed by atoms with Gasteiger partial charge < -0.3 is 34.0 Å². The Morgan fingerprint density at radius 2 is 1.65 bits per heavy atom. The van der Waals surface area contributed by atoms with Crippen molar-refractivity contribution in [3.63, 3.8) is 0 Å². The van der Waals surface area contributed by atoms with E-state index >= 15 is 0 Å². The van der Waals surface area contributed by atoms with Crippen LogP contribution in [0.3, 0.4) is 0 Å². The van der Waals surface area contributed by atoms with E-state index in [0.29, 0.717) is 28.0 Å². The topological polar surface area (TPSA) is 125 Å². The van der Waals surface area contributed by atoms with Crippen LogP contribution in [0, 0.1) is 0 Å². The van der Waals surface area contributed by atoms with Crippen molar-refractivity contribution >= 4 is 28.7 Å². The zero-order chi connectivity index (χ0) is 26.5. The quantitative estimate of drug-likeness (QED) is 0.354. The molecule has 0 bridgehead atoms. The summed E-state index contributed by atoms with van der Waals surface area (Å²) in [6.07, 6.45) is -0.711. The largest absolute Gasteiger partial charge is 0.497 e. The van der Waals surface area contributed by atoms with Crippen molar-refractivity contribution in [2.24, 2.45) is 0 Å². The van der Waals surface area contributed by atoms with Gasteiger partial charge in [0.2, 0.25) is 5.75 Å². The van der Waals surface area contributed by atoms with Gasteiger partial charge in [-0.2, -0.15) is 0 Å². The maximum Gasteiger partial charge on any atom is 0.412 e. The summed E-state index contributed by atoms with van der Waals surface area (Å²) in [6.45, 7) is 0. The van der Waals surface area contributed by atoms with Crippen LogP contribution >= 0.6 is 0 Å². The SMILES string of the molecule is CNC(=O)Oc1ccc2cc(NC(=O)c3ccc(OC)c(-c4cccc(OC)c4)c3)c(=O)oc2c1OC. The van der Waals surface area contributed by atoms with E-state index in [4.69, 9.17) is 23.4 Å². The molecule has 0 aliphatic rings. The van der Waals surface area contributed by atoms with Crippen LogP contribution in [0.4, 0.5) is 10.5 Å². The van der Waals surface area contributed by atoms with E-state index in [1.807, 2.05) is 24.3 Å². The Balaban J connectivity index is 1.68. The number of amides is 2. The minimum absolute atomic E-state index is 0.0640. The number of rotatable bonds is 7. The lowest BCUT2D eigenvalue weighted by atomic mass is 10.0. The molecule has 0 atom stereocenters. The molecule has 2 N–H and O–H groups in total. The molecule has 1 heterocycles. The third-order valence-corrected chi connectivity index (χ3v) is 5.52. The van der Waals surface area contributed by atoms with E-state index in [-0.39, 0.29) is 22.8 Å². The minimum Gasteiger partial charge on any atom is -0.497 e. The van der Waals surface area contributed by atoms with Crippen molar-refractivity contribution in [1.29, 1.82) is 0 Å². The van der Waals surface area contributed by atoms with Gasteiger partial charge in [0.15, 0.2) is 11.3 Å². The molecule has 37 heavy (non-hydrogen) atoms. The molecule has 4 aromatic rings. The Kier molecular flexibility index (Phi) is 7.28. The van der Waals surface area contributed by atoms with Gasteiger partial charge in [0.05, 0.1) is 21.3 Å². The maximum absolute atomic E-state index is 13.1. The Labute approximate surface area is 211 Å². The first-order valence-electron chi connectivity index (χ1n) is 11.1. The van der Waals surface area contributed by atoms with Gasteiger partial charge in [0.25, 0.3) is 5.91 Å². The van der Waals surface area contributed by atoms with Crippen LogP contribution in [0.5, 0.6) is 23.0 Å². The Morgan fingerprint density at radius 3 is 2.35 bits per heavy atom. The molecule has 190 valence electrons. The monoisotopic (exact) mass is 504 g/mol. The van der Waals surface area contributed by atoms with Gasteiger partial charge in [0, 0.05) is 23.6 Å². The van der Waals surface area contributed by atoms with Gasteiger partial charge in [-0.25, -0.2) is 9.59 Å². The molecular formula is C27H24N2O8. The van der Waals surface area contributed by atoms with Crippen molar-refractivity contribution < 1.29 is 33.0 Å². The first kappa shape index (κ1) is 25.1. The van der Waals surface area contributed by atoms with Crippen LogP contribution in [-0.2, 0) is 0 Å². The van der Waals surface area contributed by atoms with Crippen LogP contribution in [0.25, 0.3) is 22.1 Å². The first-order valence-corrected chi connectivity index (χ1v) is 11.1. The predicted octanol–water partition coefficient (Wildman–Crippen LogP) is 4.46. The number of carbonyl (C=O) groups excluding carboxylic acids is 2. The fourth-order valence-electron chi connectivity index (χ4n) is 3.71. The van der Waals surface area contributed by atoms with Gasteiger partial charge >= 0.3 is 11.7 Å². The van der Waals surface area contributed by atoms with Crippen molar-refractivity contribution in [3.8, 4) is 34.1 Å². The van der Waals surface area contributed by atoms with E-state index < -0.39 is 17.6 Å². The van der Waals surface area contributed by atoms with Crippen molar-refractivity contribution in [2.45, 2.75) is 0 Å². The third-order valence-electron chi connectivity index (χ3n) is 5.52. The molecule has 0 aliphatic carbocycles. The predicted molar refractivity (Wildman–Crippen MR) is 137 cm³/mol. The number of carbonyl (C=O) groups is 2. The second-order valence-corrected chi connectivity index (χ2v) is 7.70. The van der Waals surface area contributed by atoms with Crippen LogP contribution < -0.4 is 35.2 Å². The van der Waals surface area contributed by atoms with Gasteiger partial charge in [-0.1, -0.05) is 12.1 Å². The second-order valence-electron chi connectivity index (χ2n) is 7.70. The zero-order valence-corrected chi connectivity index (χ0v) is 20.5. The highest BCUT2D eigenvalue weighted by Gasteiger charge is 2.19. The molecule has 0 fully saturated rings. The lowest BCUT2D eigenvalue weighted by molar-refractivity contribution is 0.102. The highest BCUT2D eigenvalue weighted by Crippen LogP contribution is 2.36. The van der Waals surface area contributed by atoms with E-state index in [1.165, 1.54) is 26.3 Å². The molecule has 4 rings (SSSR count). The molecule has 3 aromatic carbocycles. The average Bonchev–Trinajstić information content (AvgIpc) is 2.93. The molecule has 0 spiro atoms. The molecule has 10 heteroatoms. The number of anilines is 1. The molecule has 2 amide bonds. The van der Waals surface area contributed by atoms with Gasteiger partial charge in [-0.05, 0) is 54.1 Å². The van der Waals surface area contributed by atoms with E-state index in [9.17, 15) is 14.4 Å². The van der Waals surface area contributed by atoms with Crippen LogP contribution in [0.1, 0.15) is 10.4 Å². The Hall–Kier alpha value is -4.99. The van der Waals surface area contributed by atoms with Gasteiger partial charge in [-0.15, -0.1) is 0 Å². The Morgan fingerprint density at radius 1 is 0.865 bits per heavy atom. The summed E-state index contributed by atoms with van der Waals surface area (Å²) in [5.74, 6) is 0.830. The molecule has 0 radical (unpaired) electrons. The van der Waals surface area contributed by atoms with Gasteiger partial charge in [0.1, 0.15) is 17.2 Å².